The molecule has 0 aliphatic carbocycles. The number of rotatable bonds is 4. The van der Waals surface area contributed by atoms with Crippen LogP contribution < -0.4 is 5.73 Å². The minimum Gasteiger partial charge on any atom is -0.386 e. The molecule has 3 heteroatoms. The number of nitrogens with two attached hydrogens (primary N) is 1. The molecule has 0 saturated carbocycles. The van der Waals surface area contributed by atoms with E-state index in [0.717, 1.165) is 11.4 Å². The fraction of sp³-hybridized carbons (Fsp3) is 0.417. The molecule has 1 rings (SSSR count). The van der Waals surface area contributed by atoms with Gasteiger partial charge in [0.05, 0.1) is 11.4 Å². The first kappa shape index (κ1) is 12.1. The van der Waals surface area contributed by atoms with Crippen LogP contribution in [-0.2, 0) is 0 Å². The maximum Gasteiger partial charge on any atom is 0.110 e. The molecular weight excluding hydrogens is 204 g/mol. The molecule has 82 valence electrons. The second-order valence-corrected chi connectivity index (χ2v) is 4.65. The Bertz CT molecular complexity index is 345. The summed E-state index contributed by atoms with van der Waals surface area (Å²) in [6.07, 6.45) is 2.02. The van der Waals surface area contributed by atoms with Gasteiger partial charge < -0.3 is 5.73 Å². The van der Waals surface area contributed by atoms with Gasteiger partial charge in [-0.2, -0.15) is 11.8 Å². The van der Waals surface area contributed by atoms with E-state index in [4.69, 9.17) is 5.73 Å². The minimum absolute atomic E-state index is 0.530. The maximum absolute atomic E-state index is 5.77. The minimum atomic E-state index is 0.530. The number of hydrogen-bond acceptors (Lipinski definition) is 2. The number of thioether (sulfide) groups is 1. The highest BCUT2D eigenvalue weighted by Crippen LogP contribution is 2.20. The topological polar surface area (TPSA) is 38.4 Å². The van der Waals surface area contributed by atoms with Crippen molar-refractivity contribution in [3.05, 3.63) is 29.8 Å². The molecule has 0 aliphatic rings. The van der Waals surface area contributed by atoms with E-state index in [0.29, 0.717) is 11.8 Å². The fourth-order valence-corrected chi connectivity index (χ4v) is 1.66. The monoisotopic (exact) mass is 222 g/mol. The quantitative estimate of drug-likeness (QED) is 0.627. The average molecular weight is 222 g/mol. The second-order valence-electron chi connectivity index (χ2n) is 3.79. The molecule has 0 radical (unpaired) electrons. The number of benzene rings is 1. The number of nitrogens with zero attached hydrogens (tertiary/aromatic N) is 1. The van der Waals surface area contributed by atoms with E-state index in [1.54, 1.807) is 11.8 Å². The van der Waals surface area contributed by atoms with Crippen LogP contribution in [0.1, 0.15) is 25.3 Å². The summed E-state index contributed by atoms with van der Waals surface area (Å²) in [5, 5.41) is 0. The molecule has 0 heterocycles. The zero-order valence-electron chi connectivity index (χ0n) is 9.53. The van der Waals surface area contributed by atoms with Gasteiger partial charge >= 0.3 is 0 Å². The molecular formula is C12H18N2S. The summed E-state index contributed by atoms with van der Waals surface area (Å²) in [7, 11) is 0. The van der Waals surface area contributed by atoms with Gasteiger partial charge in [-0.15, -0.1) is 0 Å². The van der Waals surface area contributed by atoms with E-state index in [2.05, 4.69) is 31.0 Å². The van der Waals surface area contributed by atoms with Crippen molar-refractivity contribution in [2.24, 2.45) is 10.7 Å². The molecule has 0 unspecified atom stereocenters. The number of hydrogen-bond donors (Lipinski definition) is 1. The lowest BCUT2D eigenvalue weighted by molar-refractivity contribution is 0.867. The van der Waals surface area contributed by atoms with Gasteiger partial charge in [0, 0.05) is 0 Å². The van der Waals surface area contributed by atoms with E-state index in [-0.39, 0.29) is 0 Å². The largest absolute Gasteiger partial charge is 0.386 e. The Balaban J connectivity index is 2.86. The van der Waals surface area contributed by atoms with Gasteiger partial charge in [-0.3, -0.25) is 0 Å². The Morgan fingerprint density at radius 2 is 2.20 bits per heavy atom. The average Bonchev–Trinajstić information content (AvgIpc) is 2.18. The zero-order valence-corrected chi connectivity index (χ0v) is 10.3. The highest BCUT2D eigenvalue weighted by molar-refractivity contribution is 7.99. The molecule has 1 aromatic rings. The standard InChI is InChI=1S/C12H18N2S/c1-9(2)10-5-4-6-11(7-10)14-12(13)8-15-3/h4-7,9H,8H2,1-3H3,(H2,13,14). The van der Waals surface area contributed by atoms with Crippen LogP contribution in [0, 0.1) is 0 Å². The van der Waals surface area contributed by atoms with Crippen LogP contribution in [-0.4, -0.2) is 17.8 Å². The predicted molar refractivity (Wildman–Crippen MR) is 70.2 cm³/mol. The lowest BCUT2D eigenvalue weighted by atomic mass is 10.0. The second kappa shape index (κ2) is 5.81. The Morgan fingerprint density at radius 3 is 2.80 bits per heavy atom. The third-order valence-electron chi connectivity index (χ3n) is 2.10. The summed E-state index contributed by atoms with van der Waals surface area (Å²) in [4.78, 5) is 4.37. The van der Waals surface area contributed by atoms with Gasteiger partial charge in [0.15, 0.2) is 0 Å². The molecule has 2 nitrogen and oxygen atoms in total. The molecule has 0 bridgehead atoms. The van der Waals surface area contributed by atoms with Crippen molar-refractivity contribution in [1.82, 2.24) is 0 Å². The molecule has 0 aliphatic heterocycles. The molecule has 0 spiro atoms. The first-order valence-electron chi connectivity index (χ1n) is 5.05. The van der Waals surface area contributed by atoms with Crippen LogP contribution in [0.3, 0.4) is 0 Å². The van der Waals surface area contributed by atoms with Crippen molar-refractivity contribution in [3.63, 3.8) is 0 Å². The SMILES string of the molecule is CSCC(N)=Nc1cccc(C(C)C)c1. The molecule has 0 amide bonds. The van der Waals surface area contributed by atoms with E-state index in [9.17, 15) is 0 Å². The molecule has 0 saturated heterocycles. The number of amidine groups is 1. The summed E-state index contributed by atoms with van der Waals surface area (Å²) in [5.41, 5.74) is 8.02. The van der Waals surface area contributed by atoms with Crippen LogP contribution in [0.5, 0.6) is 0 Å². The van der Waals surface area contributed by atoms with Gasteiger partial charge in [-0.1, -0.05) is 26.0 Å². The van der Waals surface area contributed by atoms with E-state index < -0.39 is 0 Å². The molecule has 0 fully saturated rings. The van der Waals surface area contributed by atoms with Gasteiger partial charge in [-0.05, 0) is 29.9 Å². The Labute approximate surface area is 96.0 Å². The molecule has 2 N–H and O–H groups in total. The Hall–Kier alpha value is -0.960. The predicted octanol–water partition coefficient (Wildman–Crippen LogP) is 3.16. The van der Waals surface area contributed by atoms with Crippen LogP contribution in [0.25, 0.3) is 0 Å². The van der Waals surface area contributed by atoms with Crippen LogP contribution in [0.15, 0.2) is 29.3 Å². The van der Waals surface area contributed by atoms with Gasteiger partial charge in [0.25, 0.3) is 0 Å². The molecule has 15 heavy (non-hydrogen) atoms. The third kappa shape index (κ3) is 3.96. The van der Waals surface area contributed by atoms with Gasteiger partial charge in [0.1, 0.15) is 5.84 Å². The third-order valence-corrected chi connectivity index (χ3v) is 2.69. The Morgan fingerprint density at radius 1 is 1.47 bits per heavy atom. The van der Waals surface area contributed by atoms with Crippen molar-refractivity contribution < 1.29 is 0 Å². The summed E-state index contributed by atoms with van der Waals surface area (Å²) < 4.78 is 0. The van der Waals surface area contributed by atoms with Crippen LogP contribution in [0.4, 0.5) is 5.69 Å². The summed E-state index contributed by atoms with van der Waals surface area (Å²) in [5.74, 6) is 2.00. The maximum atomic E-state index is 5.77. The van der Waals surface area contributed by atoms with E-state index >= 15 is 0 Å². The summed E-state index contributed by atoms with van der Waals surface area (Å²) >= 11 is 1.68. The van der Waals surface area contributed by atoms with Gasteiger partial charge in [-0.25, -0.2) is 4.99 Å². The fourth-order valence-electron chi connectivity index (χ4n) is 1.30. The van der Waals surface area contributed by atoms with Crippen molar-refractivity contribution in [2.75, 3.05) is 12.0 Å². The zero-order chi connectivity index (χ0) is 11.3. The first-order chi connectivity index (χ1) is 7.13. The summed E-state index contributed by atoms with van der Waals surface area (Å²) in [6.45, 7) is 4.35. The van der Waals surface area contributed by atoms with Crippen molar-refractivity contribution >= 4 is 23.3 Å². The van der Waals surface area contributed by atoms with Crippen LogP contribution in [0.2, 0.25) is 0 Å². The highest BCUT2D eigenvalue weighted by atomic mass is 32.2. The van der Waals surface area contributed by atoms with Crippen molar-refractivity contribution in [2.45, 2.75) is 19.8 Å². The molecule has 0 aromatic heterocycles. The van der Waals surface area contributed by atoms with Crippen molar-refractivity contribution in [3.8, 4) is 0 Å². The normalized spacial score (nSPS) is 12.1. The first-order valence-corrected chi connectivity index (χ1v) is 6.44. The number of aliphatic imine (C=N–C) groups is 1. The molecule has 0 atom stereocenters. The summed E-state index contributed by atoms with van der Waals surface area (Å²) in [6, 6.07) is 8.23. The highest BCUT2D eigenvalue weighted by Gasteiger charge is 1.99. The van der Waals surface area contributed by atoms with E-state index in [1.165, 1.54) is 5.56 Å². The Kier molecular flexibility index (Phi) is 4.69. The van der Waals surface area contributed by atoms with E-state index in [1.807, 2.05) is 18.4 Å². The lowest BCUT2D eigenvalue weighted by Gasteiger charge is -2.05. The smallest absolute Gasteiger partial charge is 0.110 e. The van der Waals surface area contributed by atoms with Gasteiger partial charge in [0.2, 0.25) is 0 Å². The van der Waals surface area contributed by atoms with Crippen LogP contribution >= 0.6 is 11.8 Å². The van der Waals surface area contributed by atoms with Crippen molar-refractivity contribution in [1.29, 1.82) is 0 Å². The lowest BCUT2D eigenvalue weighted by Crippen LogP contribution is -2.13. The molecule has 1 aromatic carbocycles.